The van der Waals surface area contributed by atoms with Gasteiger partial charge in [0.05, 0.1) is 0 Å². The molecule has 3 nitrogen and oxygen atoms in total. The predicted octanol–water partition coefficient (Wildman–Crippen LogP) is 2.18. The van der Waals surface area contributed by atoms with Crippen LogP contribution < -0.4 is 10.2 Å². The average molecular weight is 219 g/mol. The van der Waals surface area contributed by atoms with Crippen LogP contribution in [0.2, 0.25) is 0 Å². The summed E-state index contributed by atoms with van der Waals surface area (Å²) < 4.78 is 0. The van der Waals surface area contributed by atoms with Gasteiger partial charge in [-0.05, 0) is 37.4 Å². The molecule has 0 aliphatic heterocycles. The van der Waals surface area contributed by atoms with Crippen LogP contribution in [-0.4, -0.2) is 24.6 Å². The highest BCUT2D eigenvalue weighted by atomic mass is 15.2. The van der Waals surface area contributed by atoms with E-state index in [1.807, 2.05) is 6.20 Å². The lowest BCUT2D eigenvalue weighted by molar-refractivity contribution is 0.399. The highest BCUT2D eigenvalue weighted by Crippen LogP contribution is 2.26. The van der Waals surface area contributed by atoms with Gasteiger partial charge < -0.3 is 10.2 Å². The van der Waals surface area contributed by atoms with Gasteiger partial charge in [0.2, 0.25) is 0 Å². The molecule has 0 atom stereocenters. The molecule has 1 heterocycles. The minimum atomic E-state index is 0.715. The molecule has 16 heavy (non-hydrogen) atoms. The number of pyridine rings is 1. The third-order valence-corrected chi connectivity index (χ3v) is 3.37. The maximum absolute atomic E-state index is 4.52. The molecule has 1 aromatic heterocycles. The molecule has 0 radical (unpaired) electrons. The molecule has 1 saturated carbocycles. The predicted molar refractivity (Wildman–Crippen MR) is 67.7 cm³/mol. The molecule has 0 saturated heterocycles. The molecular formula is C13H21N3. The van der Waals surface area contributed by atoms with Crippen LogP contribution in [0.25, 0.3) is 0 Å². The first-order valence-electron chi connectivity index (χ1n) is 6.19. The van der Waals surface area contributed by atoms with E-state index in [4.69, 9.17) is 0 Å². The largest absolute Gasteiger partial charge is 0.357 e. The lowest BCUT2D eigenvalue weighted by Gasteiger charge is -2.35. The summed E-state index contributed by atoms with van der Waals surface area (Å²) in [5.41, 5.74) is 1.26. The van der Waals surface area contributed by atoms with Crippen LogP contribution in [0.1, 0.15) is 31.7 Å². The normalized spacial score (nSPS) is 15.9. The Hall–Kier alpha value is -1.09. The lowest BCUT2D eigenvalue weighted by atomic mass is 9.92. The highest BCUT2D eigenvalue weighted by molar-refractivity contribution is 5.40. The van der Waals surface area contributed by atoms with Crippen molar-refractivity contribution in [2.24, 2.45) is 0 Å². The van der Waals surface area contributed by atoms with E-state index in [1.54, 1.807) is 0 Å². The second kappa shape index (κ2) is 5.30. The zero-order valence-electron chi connectivity index (χ0n) is 10.2. The second-order valence-electron chi connectivity index (χ2n) is 4.50. The van der Waals surface area contributed by atoms with Crippen molar-refractivity contribution in [3.63, 3.8) is 0 Å². The summed E-state index contributed by atoms with van der Waals surface area (Å²) in [4.78, 5) is 6.83. The van der Waals surface area contributed by atoms with Crippen molar-refractivity contribution >= 4 is 5.82 Å². The number of nitrogens with one attached hydrogen (secondary N) is 1. The minimum absolute atomic E-state index is 0.715. The monoisotopic (exact) mass is 219 g/mol. The van der Waals surface area contributed by atoms with E-state index in [-0.39, 0.29) is 0 Å². The molecule has 0 spiro atoms. The van der Waals surface area contributed by atoms with Gasteiger partial charge in [-0.1, -0.05) is 13.0 Å². The van der Waals surface area contributed by atoms with Crippen molar-refractivity contribution in [3.8, 4) is 0 Å². The number of anilines is 1. The minimum Gasteiger partial charge on any atom is -0.357 e. The standard InChI is InChI=1S/C13H21N3/c1-3-14-9-11-7-8-13(15-10-11)16(2)12-5-4-6-12/h7-8,10,12,14H,3-6,9H2,1-2H3. The van der Waals surface area contributed by atoms with Crippen molar-refractivity contribution in [2.75, 3.05) is 18.5 Å². The number of hydrogen-bond donors (Lipinski definition) is 1. The van der Waals surface area contributed by atoms with Gasteiger partial charge in [0.25, 0.3) is 0 Å². The first-order valence-corrected chi connectivity index (χ1v) is 6.19. The Kier molecular flexibility index (Phi) is 3.78. The summed E-state index contributed by atoms with van der Waals surface area (Å²) >= 11 is 0. The fourth-order valence-electron chi connectivity index (χ4n) is 1.96. The molecule has 2 rings (SSSR count). The van der Waals surface area contributed by atoms with Crippen LogP contribution in [-0.2, 0) is 6.54 Å². The fraction of sp³-hybridized carbons (Fsp3) is 0.615. The fourth-order valence-corrected chi connectivity index (χ4v) is 1.96. The van der Waals surface area contributed by atoms with Gasteiger partial charge >= 0.3 is 0 Å². The van der Waals surface area contributed by atoms with Gasteiger partial charge in [-0.25, -0.2) is 4.98 Å². The zero-order valence-corrected chi connectivity index (χ0v) is 10.2. The van der Waals surface area contributed by atoms with Crippen LogP contribution in [0.5, 0.6) is 0 Å². The molecule has 0 unspecified atom stereocenters. The first-order chi connectivity index (χ1) is 7.81. The molecule has 88 valence electrons. The topological polar surface area (TPSA) is 28.2 Å². The van der Waals surface area contributed by atoms with Crippen molar-refractivity contribution in [1.82, 2.24) is 10.3 Å². The zero-order chi connectivity index (χ0) is 11.4. The van der Waals surface area contributed by atoms with Gasteiger partial charge in [-0.3, -0.25) is 0 Å². The third kappa shape index (κ3) is 2.53. The van der Waals surface area contributed by atoms with Crippen molar-refractivity contribution in [1.29, 1.82) is 0 Å². The molecule has 0 bridgehead atoms. The van der Waals surface area contributed by atoms with Crippen LogP contribution in [0, 0.1) is 0 Å². The molecule has 1 fully saturated rings. The van der Waals surface area contributed by atoms with E-state index in [0.717, 1.165) is 18.9 Å². The smallest absolute Gasteiger partial charge is 0.128 e. The van der Waals surface area contributed by atoms with Crippen LogP contribution in [0.3, 0.4) is 0 Å². The van der Waals surface area contributed by atoms with Crippen LogP contribution >= 0.6 is 0 Å². The molecule has 3 heteroatoms. The van der Waals surface area contributed by atoms with Gasteiger partial charge in [-0.2, -0.15) is 0 Å². The summed E-state index contributed by atoms with van der Waals surface area (Å²) in [6.45, 7) is 4.03. The maximum Gasteiger partial charge on any atom is 0.128 e. The average Bonchev–Trinajstić information content (AvgIpc) is 2.24. The summed E-state index contributed by atoms with van der Waals surface area (Å²) in [5.74, 6) is 1.10. The SMILES string of the molecule is CCNCc1ccc(N(C)C2CCC2)nc1. The van der Waals surface area contributed by atoms with E-state index in [0.29, 0.717) is 6.04 Å². The Balaban J connectivity index is 1.95. The van der Waals surface area contributed by atoms with E-state index >= 15 is 0 Å². The summed E-state index contributed by atoms with van der Waals surface area (Å²) in [6.07, 6.45) is 5.98. The number of hydrogen-bond acceptors (Lipinski definition) is 3. The van der Waals surface area contributed by atoms with Gasteiger partial charge in [0.1, 0.15) is 5.82 Å². The quantitative estimate of drug-likeness (QED) is 0.822. The molecule has 1 aromatic rings. The second-order valence-corrected chi connectivity index (χ2v) is 4.50. The van der Waals surface area contributed by atoms with Crippen molar-refractivity contribution in [2.45, 2.75) is 38.8 Å². The molecule has 0 aromatic carbocycles. The first kappa shape index (κ1) is 11.4. The number of nitrogens with zero attached hydrogens (tertiary/aromatic N) is 2. The lowest BCUT2D eigenvalue weighted by Crippen LogP contribution is -2.37. The highest BCUT2D eigenvalue weighted by Gasteiger charge is 2.22. The van der Waals surface area contributed by atoms with Crippen LogP contribution in [0.15, 0.2) is 18.3 Å². The summed E-state index contributed by atoms with van der Waals surface area (Å²) in [7, 11) is 2.15. The van der Waals surface area contributed by atoms with E-state index in [2.05, 4.69) is 41.3 Å². The Morgan fingerprint density at radius 1 is 1.44 bits per heavy atom. The van der Waals surface area contributed by atoms with E-state index in [1.165, 1.54) is 24.8 Å². The molecule has 1 aliphatic rings. The van der Waals surface area contributed by atoms with Crippen molar-refractivity contribution in [3.05, 3.63) is 23.9 Å². The Labute approximate surface area is 97.9 Å². The molecular weight excluding hydrogens is 198 g/mol. The number of rotatable bonds is 5. The van der Waals surface area contributed by atoms with E-state index in [9.17, 15) is 0 Å². The Morgan fingerprint density at radius 3 is 2.75 bits per heavy atom. The van der Waals surface area contributed by atoms with Gasteiger partial charge in [-0.15, -0.1) is 0 Å². The molecule has 0 amide bonds. The Bertz CT molecular complexity index is 316. The Morgan fingerprint density at radius 2 is 2.25 bits per heavy atom. The maximum atomic E-state index is 4.52. The number of aromatic nitrogens is 1. The van der Waals surface area contributed by atoms with Crippen molar-refractivity contribution < 1.29 is 0 Å². The third-order valence-electron chi connectivity index (χ3n) is 3.37. The van der Waals surface area contributed by atoms with Gasteiger partial charge in [0.15, 0.2) is 0 Å². The van der Waals surface area contributed by atoms with E-state index < -0.39 is 0 Å². The molecule has 1 N–H and O–H groups in total. The van der Waals surface area contributed by atoms with Crippen LogP contribution in [0.4, 0.5) is 5.82 Å². The molecule has 1 aliphatic carbocycles. The summed E-state index contributed by atoms with van der Waals surface area (Å²) in [5, 5.41) is 3.30. The van der Waals surface area contributed by atoms with Gasteiger partial charge in [0, 0.05) is 25.8 Å². The summed E-state index contributed by atoms with van der Waals surface area (Å²) in [6, 6.07) is 5.01.